The summed E-state index contributed by atoms with van der Waals surface area (Å²) < 4.78 is 0. The minimum Gasteiger partial charge on any atom is -0.370 e. The van der Waals surface area contributed by atoms with E-state index in [0.717, 1.165) is 36.0 Å². The molecule has 0 aliphatic rings. The summed E-state index contributed by atoms with van der Waals surface area (Å²) >= 11 is 1.70. The molecule has 18 heavy (non-hydrogen) atoms. The van der Waals surface area contributed by atoms with Crippen molar-refractivity contribution < 1.29 is 0 Å². The van der Waals surface area contributed by atoms with Gasteiger partial charge in [-0.05, 0) is 31.9 Å². The number of nitrogens with zero attached hydrogens (tertiary/aromatic N) is 2. The van der Waals surface area contributed by atoms with E-state index in [9.17, 15) is 0 Å². The zero-order chi connectivity index (χ0) is 12.8. The average Bonchev–Trinajstić information content (AvgIpc) is 2.85. The Balaban J connectivity index is 1.94. The van der Waals surface area contributed by atoms with Gasteiger partial charge < -0.3 is 10.6 Å². The Labute approximate surface area is 111 Å². The quantitative estimate of drug-likeness (QED) is 0.840. The van der Waals surface area contributed by atoms with Crippen LogP contribution in [0.4, 0.5) is 10.9 Å². The van der Waals surface area contributed by atoms with Gasteiger partial charge in [0.1, 0.15) is 5.82 Å². The summed E-state index contributed by atoms with van der Waals surface area (Å²) in [6.07, 6.45) is 3.87. The molecule has 2 N–H and O–H groups in total. The first kappa shape index (κ1) is 12.8. The van der Waals surface area contributed by atoms with Crippen molar-refractivity contribution >= 4 is 22.3 Å². The fourth-order valence-electron chi connectivity index (χ4n) is 1.69. The first-order valence-electron chi connectivity index (χ1n) is 6.14. The van der Waals surface area contributed by atoms with E-state index in [0.29, 0.717) is 0 Å². The predicted molar refractivity (Wildman–Crippen MR) is 77.5 cm³/mol. The summed E-state index contributed by atoms with van der Waals surface area (Å²) in [7, 11) is 1.89. The largest absolute Gasteiger partial charge is 0.370 e. The van der Waals surface area contributed by atoms with Crippen molar-refractivity contribution in [3.63, 3.8) is 0 Å². The van der Waals surface area contributed by atoms with Gasteiger partial charge in [0.05, 0.1) is 0 Å². The van der Waals surface area contributed by atoms with Crippen LogP contribution < -0.4 is 10.6 Å². The Morgan fingerprint density at radius 2 is 2.17 bits per heavy atom. The summed E-state index contributed by atoms with van der Waals surface area (Å²) in [5, 5.41) is 7.25. The van der Waals surface area contributed by atoms with E-state index in [1.54, 1.807) is 11.3 Å². The molecule has 2 aromatic heterocycles. The lowest BCUT2D eigenvalue weighted by atomic mass is 10.2. The second-order valence-electron chi connectivity index (χ2n) is 3.93. The summed E-state index contributed by atoms with van der Waals surface area (Å²) in [6, 6.07) is 6.12. The maximum Gasteiger partial charge on any atom is 0.182 e. The maximum atomic E-state index is 4.56. The summed E-state index contributed by atoms with van der Waals surface area (Å²) in [4.78, 5) is 10.1. The van der Waals surface area contributed by atoms with Gasteiger partial charge >= 0.3 is 0 Å². The third-order valence-corrected chi connectivity index (χ3v) is 3.63. The zero-order valence-electron chi connectivity index (χ0n) is 10.7. The molecule has 96 valence electrons. The standard InChI is InChI=1S/C13H18N4S/c1-3-15-12-6-4-5-10(17-12)7-8-11-9-16-13(14-2)18-11/h4-6,9H,3,7-8H2,1-2H3,(H,14,16)(H,15,17). The third-order valence-electron chi connectivity index (χ3n) is 2.56. The smallest absolute Gasteiger partial charge is 0.182 e. The second-order valence-corrected chi connectivity index (χ2v) is 5.04. The molecule has 4 nitrogen and oxygen atoms in total. The summed E-state index contributed by atoms with van der Waals surface area (Å²) in [5.41, 5.74) is 1.12. The Kier molecular flexibility index (Phi) is 4.52. The van der Waals surface area contributed by atoms with Crippen molar-refractivity contribution in [1.82, 2.24) is 9.97 Å². The maximum absolute atomic E-state index is 4.56. The van der Waals surface area contributed by atoms with Crippen LogP contribution in [0.25, 0.3) is 0 Å². The van der Waals surface area contributed by atoms with Gasteiger partial charge in [-0.2, -0.15) is 0 Å². The molecular weight excluding hydrogens is 244 g/mol. The number of nitrogens with one attached hydrogen (secondary N) is 2. The van der Waals surface area contributed by atoms with E-state index in [1.807, 2.05) is 25.4 Å². The van der Waals surface area contributed by atoms with Gasteiger partial charge in [0.25, 0.3) is 0 Å². The van der Waals surface area contributed by atoms with Crippen LogP contribution in [0.2, 0.25) is 0 Å². The lowest BCUT2D eigenvalue weighted by molar-refractivity contribution is 0.924. The number of hydrogen-bond acceptors (Lipinski definition) is 5. The Morgan fingerprint density at radius 3 is 2.89 bits per heavy atom. The number of thiazole rings is 1. The minimum absolute atomic E-state index is 0.900. The molecule has 2 heterocycles. The van der Waals surface area contributed by atoms with E-state index in [2.05, 4.69) is 33.6 Å². The highest BCUT2D eigenvalue weighted by Crippen LogP contribution is 2.19. The van der Waals surface area contributed by atoms with Gasteiger partial charge in [-0.1, -0.05) is 6.07 Å². The molecule has 0 bridgehead atoms. The topological polar surface area (TPSA) is 49.8 Å². The molecule has 0 atom stereocenters. The lowest BCUT2D eigenvalue weighted by Gasteiger charge is -2.04. The van der Waals surface area contributed by atoms with Crippen LogP contribution >= 0.6 is 11.3 Å². The molecule has 0 unspecified atom stereocenters. The molecule has 0 radical (unpaired) electrons. The first-order valence-corrected chi connectivity index (χ1v) is 6.95. The first-order chi connectivity index (χ1) is 8.81. The summed E-state index contributed by atoms with van der Waals surface area (Å²) in [5.74, 6) is 0.954. The number of aryl methyl sites for hydroxylation is 2. The van der Waals surface area contributed by atoms with E-state index in [-0.39, 0.29) is 0 Å². The Hall–Kier alpha value is -1.62. The fourth-order valence-corrected chi connectivity index (χ4v) is 2.45. The van der Waals surface area contributed by atoms with E-state index in [1.165, 1.54) is 4.88 Å². The Morgan fingerprint density at radius 1 is 1.28 bits per heavy atom. The second kappa shape index (κ2) is 6.35. The molecule has 2 rings (SSSR count). The van der Waals surface area contributed by atoms with Crippen molar-refractivity contribution in [2.24, 2.45) is 0 Å². The Bertz CT molecular complexity index is 495. The van der Waals surface area contributed by atoms with E-state index >= 15 is 0 Å². The number of hydrogen-bond donors (Lipinski definition) is 2. The molecule has 0 aromatic carbocycles. The van der Waals surface area contributed by atoms with Crippen molar-refractivity contribution in [3.8, 4) is 0 Å². The van der Waals surface area contributed by atoms with Gasteiger partial charge in [-0.3, -0.25) is 0 Å². The fraction of sp³-hybridized carbons (Fsp3) is 0.385. The van der Waals surface area contributed by atoms with Gasteiger partial charge in [-0.25, -0.2) is 9.97 Å². The average molecular weight is 262 g/mol. The number of pyridine rings is 1. The molecule has 0 saturated heterocycles. The third kappa shape index (κ3) is 3.43. The van der Waals surface area contributed by atoms with Crippen LogP contribution in [-0.4, -0.2) is 23.6 Å². The van der Waals surface area contributed by atoms with Crippen LogP contribution in [0.5, 0.6) is 0 Å². The minimum atomic E-state index is 0.900. The van der Waals surface area contributed by atoms with Crippen LogP contribution in [0.3, 0.4) is 0 Å². The highest BCUT2D eigenvalue weighted by Gasteiger charge is 2.02. The van der Waals surface area contributed by atoms with Crippen molar-refractivity contribution in [3.05, 3.63) is 35.0 Å². The van der Waals surface area contributed by atoms with E-state index in [4.69, 9.17) is 0 Å². The highest BCUT2D eigenvalue weighted by molar-refractivity contribution is 7.15. The molecule has 0 amide bonds. The van der Waals surface area contributed by atoms with Gasteiger partial charge in [0.15, 0.2) is 5.13 Å². The molecule has 5 heteroatoms. The van der Waals surface area contributed by atoms with Crippen LogP contribution in [0.15, 0.2) is 24.4 Å². The van der Waals surface area contributed by atoms with Crippen LogP contribution in [0, 0.1) is 0 Å². The van der Waals surface area contributed by atoms with Gasteiger partial charge in [0, 0.05) is 30.4 Å². The monoisotopic (exact) mass is 262 g/mol. The molecule has 0 saturated carbocycles. The van der Waals surface area contributed by atoms with Crippen molar-refractivity contribution in [2.75, 3.05) is 24.2 Å². The van der Waals surface area contributed by atoms with Crippen molar-refractivity contribution in [2.45, 2.75) is 19.8 Å². The SMILES string of the molecule is CCNc1cccc(CCc2cnc(NC)s2)n1. The zero-order valence-corrected chi connectivity index (χ0v) is 11.5. The molecule has 2 aromatic rings. The van der Waals surface area contributed by atoms with E-state index < -0.39 is 0 Å². The molecular formula is C13H18N4S. The highest BCUT2D eigenvalue weighted by atomic mass is 32.1. The predicted octanol–water partition coefficient (Wildman–Crippen LogP) is 2.80. The molecule has 0 fully saturated rings. The summed E-state index contributed by atoms with van der Waals surface area (Å²) in [6.45, 7) is 2.97. The van der Waals surface area contributed by atoms with Crippen LogP contribution in [-0.2, 0) is 12.8 Å². The van der Waals surface area contributed by atoms with Gasteiger partial charge in [0.2, 0.25) is 0 Å². The molecule has 0 spiro atoms. The van der Waals surface area contributed by atoms with Crippen molar-refractivity contribution in [1.29, 1.82) is 0 Å². The number of anilines is 2. The normalized spacial score (nSPS) is 10.3. The van der Waals surface area contributed by atoms with Gasteiger partial charge in [-0.15, -0.1) is 11.3 Å². The van der Waals surface area contributed by atoms with Crippen LogP contribution in [0.1, 0.15) is 17.5 Å². The number of aromatic nitrogens is 2. The lowest BCUT2D eigenvalue weighted by Crippen LogP contribution is -2.01. The molecule has 0 aliphatic heterocycles. The molecule has 0 aliphatic carbocycles. The number of rotatable bonds is 6.